The standard InChI is InChI=1S/C26H33N3O4S.ClH/c1-17-9-10-18(2)25-23(17)27-26(34-25)29(14-8-13-28(3)4)22(30)12-11-19-15-20(31-5)24(33-7)21(16-19)32-6;/h9-12,15-16H,8,13-14H2,1-7H3;1H. The molecule has 0 aliphatic heterocycles. The molecule has 0 unspecified atom stereocenters. The summed E-state index contributed by atoms with van der Waals surface area (Å²) in [4.78, 5) is 22.1. The molecule has 3 rings (SSSR count). The number of carbonyl (C=O) groups excluding carboxylic acids is 1. The van der Waals surface area contributed by atoms with Crippen LogP contribution in [0.3, 0.4) is 0 Å². The van der Waals surface area contributed by atoms with E-state index in [1.165, 1.54) is 0 Å². The number of benzene rings is 2. The highest BCUT2D eigenvalue weighted by Gasteiger charge is 2.19. The fourth-order valence-corrected chi connectivity index (χ4v) is 4.81. The lowest BCUT2D eigenvalue weighted by Crippen LogP contribution is -2.32. The van der Waals surface area contributed by atoms with Crippen LogP contribution in [-0.2, 0) is 4.79 Å². The summed E-state index contributed by atoms with van der Waals surface area (Å²) in [5, 5.41) is 0.714. The maximum Gasteiger partial charge on any atom is 0.252 e. The zero-order chi connectivity index (χ0) is 24.8. The Morgan fingerprint density at radius 1 is 1.00 bits per heavy atom. The molecule has 0 radical (unpaired) electrons. The van der Waals surface area contributed by atoms with Gasteiger partial charge in [0.25, 0.3) is 5.91 Å². The summed E-state index contributed by atoms with van der Waals surface area (Å²) in [6.45, 7) is 5.58. The van der Waals surface area contributed by atoms with E-state index in [1.54, 1.807) is 49.7 Å². The molecule has 3 aromatic rings. The van der Waals surface area contributed by atoms with E-state index < -0.39 is 0 Å². The second-order valence-corrected chi connectivity index (χ2v) is 9.29. The van der Waals surface area contributed by atoms with Gasteiger partial charge in [0.2, 0.25) is 5.75 Å². The van der Waals surface area contributed by atoms with Gasteiger partial charge in [-0.1, -0.05) is 23.5 Å². The number of aromatic nitrogens is 1. The van der Waals surface area contributed by atoms with Crippen LogP contribution in [0, 0.1) is 13.8 Å². The van der Waals surface area contributed by atoms with Gasteiger partial charge >= 0.3 is 0 Å². The minimum atomic E-state index is -0.123. The molecule has 0 bridgehead atoms. The Morgan fingerprint density at radius 3 is 2.17 bits per heavy atom. The van der Waals surface area contributed by atoms with Crippen LogP contribution in [0.25, 0.3) is 16.3 Å². The molecule has 35 heavy (non-hydrogen) atoms. The van der Waals surface area contributed by atoms with Gasteiger partial charge in [-0.3, -0.25) is 9.69 Å². The number of thiazole rings is 1. The summed E-state index contributed by atoms with van der Waals surface area (Å²) in [7, 11) is 8.76. The predicted molar refractivity (Wildman–Crippen MR) is 147 cm³/mol. The lowest BCUT2D eigenvalue weighted by Gasteiger charge is -2.19. The number of fused-ring (bicyclic) bond motifs is 1. The van der Waals surface area contributed by atoms with Gasteiger partial charge in [0.05, 0.1) is 31.5 Å². The monoisotopic (exact) mass is 519 g/mol. The van der Waals surface area contributed by atoms with Crippen LogP contribution in [-0.4, -0.2) is 64.3 Å². The van der Waals surface area contributed by atoms with E-state index in [0.717, 1.165) is 39.9 Å². The molecule has 0 fully saturated rings. The van der Waals surface area contributed by atoms with Crippen molar-refractivity contribution >= 4 is 51.1 Å². The molecule has 0 aliphatic rings. The number of ether oxygens (including phenoxy) is 3. The van der Waals surface area contributed by atoms with Crippen LogP contribution < -0.4 is 19.1 Å². The summed E-state index contributed by atoms with van der Waals surface area (Å²) < 4.78 is 17.4. The fourth-order valence-electron chi connectivity index (χ4n) is 3.66. The molecule has 190 valence electrons. The molecule has 2 aromatic carbocycles. The van der Waals surface area contributed by atoms with Crippen molar-refractivity contribution in [1.29, 1.82) is 0 Å². The van der Waals surface area contributed by atoms with Gasteiger partial charge in [0.1, 0.15) is 0 Å². The number of nitrogens with zero attached hydrogens (tertiary/aromatic N) is 3. The molecule has 0 N–H and O–H groups in total. The van der Waals surface area contributed by atoms with Gasteiger partial charge in [0, 0.05) is 12.6 Å². The van der Waals surface area contributed by atoms with Crippen LogP contribution in [0.1, 0.15) is 23.1 Å². The van der Waals surface area contributed by atoms with Crippen molar-refractivity contribution in [2.24, 2.45) is 0 Å². The number of hydrogen-bond donors (Lipinski definition) is 0. The van der Waals surface area contributed by atoms with E-state index in [1.807, 2.05) is 33.2 Å². The Morgan fingerprint density at radius 2 is 1.63 bits per heavy atom. The normalized spacial score (nSPS) is 11.1. The van der Waals surface area contributed by atoms with Gasteiger partial charge < -0.3 is 19.1 Å². The number of anilines is 1. The number of hydrogen-bond acceptors (Lipinski definition) is 7. The van der Waals surface area contributed by atoms with Crippen molar-refractivity contribution in [2.45, 2.75) is 20.3 Å². The first-order chi connectivity index (χ1) is 16.3. The van der Waals surface area contributed by atoms with Gasteiger partial charge in [-0.05, 0) is 75.8 Å². The molecule has 1 heterocycles. The molecule has 0 saturated heterocycles. The third kappa shape index (κ3) is 6.66. The third-order valence-corrected chi connectivity index (χ3v) is 6.73. The highest BCUT2D eigenvalue weighted by Crippen LogP contribution is 2.38. The average molecular weight is 520 g/mol. The maximum absolute atomic E-state index is 13.4. The van der Waals surface area contributed by atoms with E-state index in [9.17, 15) is 4.79 Å². The number of methoxy groups -OCH3 is 3. The van der Waals surface area contributed by atoms with Crippen molar-refractivity contribution < 1.29 is 19.0 Å². The van der Waals surface area contributed by atoms with E-state index in [4.69, 9.17) is 19.2 Å². The maximum atomic E-state index is 13.4. The number of rotatable bonds is 10. The van der Waals surface area contributed by atoms with E-state index in [0.29, 0.717) is 28.9 Å². The quantitative estimate of drug-likeness (QED) is 0.336. The minimum absolute atomic E-state index is 0. The average Bonchev–Trinajstić information content (AvgIpc) is 3.28. The Hall–Kier alpha value is -2.81. The zero-order valence-corrected chi connectivity index (χ0v) is 23.0. The van der Waals surface area contributed by atoms with E-state index >= 15 is 0 Å². The van der Waals surface area contributed by atoms with Crippen molar-refractivity contribution in [3.63, 3.8) is 0 Å². The van der Waals surface area contributed by atoms with Crippen molar-refractivity contribution in [3.05, 3.63) is 47.0 Å². The van der Waals surface area contributed by atoms with Crippen LogP contribution in [0.15, 0.2) is 30.3 Å². The zero-order valence-electron chi connectivity index (χ0n) is 21.4. The van der Waals surface area contributed by atoms with Gasteiger partial charge in [-0.15, -0.1) is 12.4 Å². The van der Waals surface area contributed by atoms with Crippen molar-refractivity contribution in [1.82, 2.24) is 9.88 Å². The number of carbonyl (C=O) groups is 1. The highest BCUT2D eigenvalue weighted by atomic mass is 35.5. The molecular formula is C26H34ClN3O4S. The smallest absolute Gasteiger partial charge is 0.252 e. The molecule has 1 aromatic heterocycles. The number of halogens is 1. The first kappa shape index (κ1) is 28.4. The van der Waals surface area contributed by atoms with Gasteiger partial charge in [-0.2, -0.15) is 0 Å². The fraction of sp³-hybridized carbons (Fsp3) is 0.385. The Labute approximate surface area is 217 Å². The molecule has 1 amide bonds. The second kappa shape index (κ2) is 12.8. The molecule has 9 heteroatoms. The van der Waals surface area contributed by atoms with Crippen LogP contribution in [0.4, 0.5) is 5.13 Å². The summed E-state index contributed by atoms with van der Waals surface area (Å²) >= 11 is 1.56. The Kier molecular flexibility index (Phi) is 10.4. The largest absolute Gasteiger partial charge is 0.493 e. The lowest BCUT2D eigenvalue weighted by atomic mass is 10.1. The minimum Gasteiger partial charge on any atom is -0.493 e. The third-order valence-electron chi connectivity index (χ3n) is 5.52. The van der Waals surface area contributed by atoms with Gasteiger partial charge in [-0.25, -0.2) is 4.98 Å². The Balaban J connectivity index is 0.00000432. The predicted octanol–water partition coefficient (Wildman–Crippen LogP) is 5.36. The second-order valence-electron chi connectivity index (χ2n) is 8.31. The number of aryl methyl sites for hydroxylation is 2. The van der Waals surface area contributed by atoms with Crippen LogP contribution >= 0.6 is 23.7 Å². The molecule has 0 aliphatic carbocycles. The van der Waals surface area contributed by atoms with Crippen molar-refractivity contribution in [2.75, 3.05) is 53.4 Å². The van der Waals surface area contributed by atoms with Crippen LogP contribution in [0.5, 0.6) is 17.2 Å². The summed E-state index contributed by atoms with van der Waals surface area (Å²) in [5.41, 5.74) is 4.00. The van der Waals surface area contributed by atoms with Crippen LogP contribution in [0.2, 0.25) is 0 Å². The summed E-state index contributed by atoms with van der Waals surface area (Å²) in [6, 6.07) is 7.80. The summed E-state index contributed by atoms with van der Waals surface area (Å²) in [5.74, 6) is 1.46. The summed E-state index contributed by atoms with van der Waals surface area (Å²) in [6.07, 6.45) is 4.17. The Bertz CT molecular complexity index is 1130. The van der Waals surface area contributed by atoms with E-state index in [2.05, 4.69) is 24.0 Å². The van der Waals surface area contributed by atoms with E-state index in [-0.39, 0.29) is 18.3 Å². The SMILES string of the molecule is COc1cc(C=CC(=O)N(CCCN(C)C)c2nc3c(C)ccc(C)c3s2)cc(OC)c1OC.Cl. The first-order valence-electron chi connectivity index (χ1n) is 11.1. The molecule has 0 atom stereocenters. The number of amides is 1. The topological polar surface area (TPSA) is 64.1 Å². The van der Waals surface area contributed by atoms with Crippen molar-refractivity contribution in [3.8, 4) is 17.2 Å². The molecule has 0 spiro atoms. The lowest BCUT2D eigenvalue weighted by molar-refractivity contribution is -0.114. The molecule has 7 nitrogen and oxygen atoms in total. The molecular weight excluding hydrogens is 486 g/mol. The highest BCUT2D eigenvalue weighted by molar-refractivity contribution is 7.22. The van der Waals surface area contributed by atoms with Gasteiger partial charge in [0.15, 0.2) is 16.6 Å². The molecule has 0 saturated carbocycles. The first-order valence-corrected chi connectivity index (χ1v) is 11.9.